The van der Waals surface area contributed by atoms with Crippen LogP contribution in [0.1, 0.15) is 45.6 Å². The highest BCUT2D eigenvalue weighted by molar-refractivity contribution is 9.08. The fraction of sp³-hybridized carbons (Fsp3) is 0.600. The Labute approximate surface area is 114 Å². The molecule has 0 aromatic heterocycles. The number of alkyl halides is 1. The molecule has 1 aromatic carbocycles. The Kier molecular flexibility index (Phi) is 6.64. The van der Waals surface area contributed by atoms with Crippen molar-refractivity contribution in [3.63, 3.8) is 0 Å². The van der Waals surface area contributed by atoms with E-state index in [0.717, 1.165) is 11.9 Å². The van der Waals surface area contributed by atoms with Crippen LogP contribution in [0.4, 0.5) is 5.69 Å². The molecule has 1 aromatic rings. The maximum absolute atomic E-state index is 3.59. The van der Waals surface area contributed by atoms with Gasteiger partial charge in [-0.05, 0) is 31.4 Å². The molecule has 0 radical (unpaired) electrons. The summed E-state index contributed by atoms with van der Waals surface area (Å²) in [6.45, 7) is 8.00. The first-order valence-corrected chi connectivity index (χ1v) is 7.77. The standard InChI is InChI=1S/C15H24BrN/c1-4-6-11-17(13(3)5-2)15-10-8-7-9-14(15)12-16/h7-10,13H,4-6,11-12H2,1-3H3. The molecule has 0 saturated heterocycles. The van der Waals surface area contributed by atoms with Gasteiger partial charge in [-0.15, -0.1) is 0 Å². The first kappa shape index (κ1) is 14.6. The van der Waals surface area contributed by atoms with Crippen molar-refractivity contribution in [1.82, 2.24) is 0 Å². The molecule has 0 aliphatic rings. The predicted molar refractivity (Wildman–Crippen MR) is 81.1 cm³/mol. The van der Waals surface area contributed by atoms with Gasteiger partial charge in [0, 0.05) is 23.6 Å². The molecule has 1 rings (SSSR count). The molecule has 0 bridgehead atoms. The van der Waals surface area contributed by atoms with Gasteiger partial charge in [-0.1, -0.05) is 54.4 Å². The summed E-state index contributed by atoms with van der Waals surface area (Å²) >= 11 is 3.59. The van der Waals surface area contributed by atoms with E-state index in [2.05, 4.69) is 65.9 Å². The van der Waals surface area contributed by atoms with Crippen molar-refractivity contribution in [2.75, 3.05) is 11.4 Å². The Balaban J connectivity index is 2.94. The summed E-state index contributed by atoms with van der Waals surface area (Å²) in [5, 5.41) is 0.933. The van der Waals surface area contributed by atoms with Crippen LogP contribution in [0.25, 0.3) is 0 Å². The Morgan fingerprint density at radius 2 is 1.94 bits per heavy atom. The van der Waals surface area contributed by atoms with Gasteiger partial charge in [0.2, 0.25) is 0 Å². The van der Waals surface area contributed by atoms with Gasteiger partial charge in [0.05, 0.1) is 0 Å². The number of halogens is 1. The van der Waals surface area contributed by atoms with E-state index in [0.29, 0.717) is 6.04 Å². The highest BCUT2D eigenvalue weighted by atomic mass is 79.9. The smallest absolute Gasteiger partial charge is 0.0409 e. The van der Waals surface area contributed by atoms with Crippen LogP contribution in [0, 0.1) is 0 Å². The molecule has 0 aliphatic heterocycles. The van der Waals surface area contributed by atoms with E-state index in [9.17, 15) is 0 Å². The number of anilines is 1. The van der Waals surface area contributed by atoms with Gasteiger partial charge in [-0.3, -0.25) is 0 Å². The maximum atomic E-state index is 3.59. The second-order valence-corrected chi connectivity index (χ2v) is 5.13. The van der Waals surface area contributed by atoms with Crippen LogP contribution in [0.15, 0.2) is 24.3 Å². The molecule has 0 aliphatic carbocycles. The molecular weight excluding hydrogens is 274 g/mol. The van der Waals surface area contributed by atoms with Gasteiger partial charge < -0.3 is 4.90 Å². The summed E-state index contributed by atoms with van der Waals surface area (Å²) in [5.74, 6) is 0. The summed E-state index contributed by atoms with van der Waals surface area (Å²) in [4.78, 5) is 2.56. The normalized spacial score (nSPS) is 12.5. The fourth-order valence-corrected chi connectivity index (χ4v) is 2.51. The molecular formula is C15H24BrN. The predicted octanol–water partition coefficient (Wildman–Crippen LogP) is 4.99. The molecule has 1 atom stereocenters. The highest BCUT2D eigenvalue weighted by Crippen LogP contribution is 2.25. The number of benzene rings is 1. The number of hydrogen-bond donors (Lipinski definition) is 0. The molecule has 0 N–H and O–H groups in total. The number of nitrogens with zero attached hydrogens (tertiary/aromatic N) is 1. The zero-order chi connectivity index (χ0) is 12.7. The third-order valence-electron chi connectivity index (χ3n) is 3.32. The molecule has 1 nitrogen and oxygen atoms in total. The van der Waals surface area contributed by atoms with Crippen LogP contribution in [0.3, 0.4) is 0 Å². The molecule has 0 heterocycles. The summed E-state index contributed by atoms with van der Waals surface area (Å²) in [5.41, 5.74) is 2.79. The fourth-order valence-electron chi connectivity index (χ4n) is 2.03. The molecule has 96 valence electrons. The summed E-state index contributed by atoms with van der Waals surface area (Å²) in [6, 6.07) is 9.34. The molecule has 0 saturated carbocycles. The maximum Gasteiger partial charge on any atom is 0.0409 e. The van der Waals surface area contributed by atoms with Crippen LogP contribution in [-0.4, -0.2) is 12.6 Å². The van der Waals surface area contributed by atoms with Gasteiger partial charge in [0.25, 0.3) is 0 Å². The molecule has 0 amide bonds. The lowest BCUT2D eigenvalue weighted by Crippen LogP contribution is -2.34. The van der Waals surface area contributed by atoms with Crippen molar-refractivity contribution in [2.45, 2.75) is 51.4 Å². The summed E-state index contributed by atoms with van der Waals surface area (Å²) in [7, 11) is 0. The first-order valence-electron chi connectivity index (χ1n) is 6.65. The minimum atomic E-state index is 0.613. The van der Waals surface area contributed by atoms with Crippen LogP contribution in [-0.2, 0) is 5.33 Å². The van der Waals surface area contributed by atoms with E-state index < -0.39 is 0 Å². The molecule has 2 heteroatoms. The first-order chi connectivity index (χ1) is 8.24. The second-order valence-electron chi connectivity index (χ2n) is 4.57. The van der Waals surface area contributed by atoms with Crippen molar-refractivity contribution in [3.05, 3.63) is 29.8 Å². The van der Waals surface area contributed by atoms with Crippen LogP contribution < -0.4 is 4.90 Å². The van der Waals surface area contributed by atoms with Gasteiger partial charge >= 0.3 is 0 Å². The van der Waals surface area contributed by atoms with Crippen LogP contribution in [0.2, 0.25) is 0 Å². The van der Waals surface area contributed by atoms with E-state index in [1.165, 1.54) is 30.5 Å². The van der Waals surface area contributed by atoms with Gasteiger partial charge in [0.15, 0.2) is 0 Å². The molecule has 0 spiro atoms. The average Bonchev–Trinajstić information content (AvgIpc) is 2.39. The van der Waals surface area contributed by atoms with Crippen LogP contribution >= 0.6 is 15.9 Å². The van der Waals surface area contributed by atoms with Crippen molar-refractivity contribution >= 4 is 21.6 Å². The Hall–Kier alpha value is -0.500. The topological polar surface area (TPSA) is 3.24 Å². The Bertz CT molecular complexity index is 324. The van der Waals surface area contributed by atoms with E-state index in [1.807, 2.05) is 0 Å². The van der Waals surface area contributed by atoms with Gasteiger partial charge in [0.1, 0.15) is 0 Å². The van der Waals surface area contributed by atoms with Gasteiger partial charge in [-0.25, -0.2) is 0 Å². The highest BCUT2D eigenvalue weighted by Gasteiger charge is 2.14. The zero-order valence-electron chi connectivity index (χ0n) is 11.2. The number of hydrogen-bond acceptors (Lipinski definition) is 1. The largest absolute Gasteiger partial charge is 0.369 e. The SMILES string of the molecule is CCCCN(c1ccccc1CBr)C(C)CC. The van der Waals surface area contributed by atoms with Crippen molar-refractivity contribution in [1.29, 1.82) is 0 Å². The van der Waals surface area contributed by atoms with E-state index in [4.69, 9.17) is 0 Å². The van der Waals surface area contributed by atoms with E-state index in [1.54, 1.807) is 0 Å². The Morgan fingerprint density at radius 3 is 2.53 bits per heavy atom. The quantitative estimate of drug-likeness (QED) is 0.641. The molecule has 1 unspecified atom stereocenters. The summed E-state index contributed by atoms with van der Waals surface area (Å²) in [6.07, 6.45) is 3.71. The minimum absolute atomic E-state index is 0.613. The van der Waals surface area contributed by atoms with Gasteiger partial charge in [-0.2, -0.15) is 0 Å². The van der Waals surface area contributed by atoms with Crippen molar-refractivity contribution in [2.24, 2.45) is 0 Å². The lowest BCUT2D eigenvalue weighted by atomic mass is 10.1. The molecule has 0 fully saturated rings. The average molecular weight is 298 g/mol. The third-order valence-corrected chi connectivity index (χ3v) is 3.92. The van der Waals surface area contributed by atoms with Crippen LogP contribution in [0.5, 0.6) is 0 Å². The monoisotopic (exact) mass is 297 g/mol. The zero-order valence-corrected chi connectivity index (χ0v) is 12.8. The van der Waals surface area contributed by atoms with E-state index in [-0.39, 0.29) is 0 Å². The molecule has 17 heavy (non-hydrogen) atoms. The number of para-hydroxylation sites is 1. The second kappa shape index (κ2) is 7.75. The lowest BCUT2D eigenvalue weighted by Gasteiger charge is -2.32. The van der Waals surface area contributed by atoms with Crippen molar-refractivity contribution in [3.8, 4) is 0 Å². The van der Waals surface area contributed by atoms with E-state index >= 15 is 0 Å². The number of unbranched alkanes of at least 4 members (excludes halogenated alkanes) is 1. The summed E-state index contributed by atoms with van der Waals surface area (Å²) < 4.78 is 0. The Morgan fingerprint density at radius 1 is 1.24 bits per heavy atom. The third kappa shape index (κ3) is 4.02. The minimum Gasteiger partial charge on any atom is -0.369 e. The van der Waals surface area contributed by atoms with Crippen molar-refractivity contribution < 1.29 is 0 Å². The lowest BCUT2D eigenvalue weighted by molar-refractivity contribution is 0.594. The number of rotatable bonds is 7.